The molecule has 0 N–H and O–H groups in total. The van der Waals surface area contributed by atoms with Crippen LogP contribution in [0.5, 0.6) is 5.75 Å². The van der Waals surface area contributed by atoms with Crippen molar-refractivity contribution in [3.63, 3.8) is 0 Å². The summed E-state index contributed by atoms with van der Waals surface area (Å²) in [6, 6.07) is 5.79. The molecule has 1 aromatic carbocycles. The summed E-state index contributed by atoms with van der Waals surface area (Å²) in [4.78, 5) is 13.7. The smallest absolute Gasteiger partial charge is 0.253 e. The molecule has 3 nitrogen and oxygen atoms in total. The van der Waals surface area contributed by atoms with Gasteiger partial charge >= 0.3 is 0 Å². The molecule has 1 aliphatic rings. The Balaban J connectivity index is 2.26. The van der Waals surface area contributed by atoms with Crippen LogP contribution in [-0.4, -0.2) is 30.0 Å². The topological polar surface area (TPSA) is 29.5 Å². The Morgan fingerprint density at radius 2 is 2.11 bits per heavy atom. The molecule has 1 aliphatic heterocycles. The van der Waals surface area contributed by atoms with Crippen LogP contribution in [0.15, 0.2) is 18.2 Å². The third-order valence-corrected chi connectivity index (χ3v) is 3.62. The molecule has 1 amide bonds. The van der Waals surface area contributed by atoms with Crippen LogP contribution in [0, 0.1) is 0 Å². The molecule has 1 heterocycles. The molecular formula is C15H21NO2. The van der Waals surface area contributed by atoms with Crippen LogP contribution >= 0.6 is 0 Å². The van der Waals surface area contributed by atoms with Gasteiger partial charge in [-0.3, -0.25) is 4.79 Å². The minimum Gasteiger partial charge on any atom is -0.488 e. The van der Waals surface area contributed by atoms with Crippen LogP contribution in [0.4, 0.5) is 0 Å². The Labute approximate surface area is 109 Å². The summed E-state index contributed by atoms with van der Waals surface area (Å²) >= 11 is 0. The van der Waals surface area contributed by atoms with E-state index < -0.39 is 0 Å². The lowest BCUT2D eigenvalue weighted by atomic mass is 9.99. The van der Waals surface area contributed by atoms with Gasteiger partial charge in [0.15, 0.2) is 0 Å². The number of hydrogen-bond acceptors (Lipinski definition) is 2. The van der Waals surface area contributed by atoms with E-state index in [1.54, 1.807) is 4.90 Å². The van der Waals surface area contributed by atoms with Gasteiger partial charge in [-0.15, -0.1) is 0 Å². The number of rotatable bonds is 3. The van der Waals surface area contributed by atoms with E-state index in [2.05, 4.69) is 20.8 Å². The van der Waals surface area contributed by atoms with Crippen LogP contribution in [0.25, 0.3) is 0 Å². The second kappa shape index (κ2) is 4.63. The first kappa shape index (κ1) is 12.9. The van der Waals surface area contributed by atoms with E-state index in [1.165, 1.54) is 0 Å². The molecule has 18 heavy (non-hydrogen) atoms. The maximum atomic E-state index is 12.0. The zero-order valence-corrected chi connectivity index (χ0v) is 11.6. The fourth-order valence-corrected chi connectivity index (χ4v) is 2.04. The lowest BCUT2D eigenvalue weighted by Gasteiger charge is -2.28. The largest absolute Gasteiger partial charge is 0.488 e. The van der Waals surface area contributed by atoms with E-state index in [0.717, 1.165) is 36.3 Å². The highest BCUT2D eigenvalue weighted by Gasteiger charge is 2.23. The lowest BCUT2D eigenvalue weighted by Crippen LogP contribution is -2.34. The van der Waals surface area contributed by atoms with Crippen molar-refractivity contribution in [3.05, 3.63) is 29.3 Å². The first-order valence-electron chi connectivity index (χ1n) is 6.50. The Morgan fingerprint density at radius 1 is 1.39 bits per heavy atom. The van der Waals surface area contributed by atoms with Crippen molar-refractivity contribution < 1.29 is 9.53 Å². The van der Waals surface area contributed by atoms with Gasteiger partial charge < -0.3 is 9.64 Å². The van der Waals surface area contributed by atoms with Crippen molar-refractivity contribution in [3.8, 4) is 5.75 Å². The normalized spacial score (nSPS) is 15.6. The predicted octanol–water partition coefficient (Wildman–Crippen LogP) is 2.88. The Kier molecular flexibility index (Phi) is 3.33. The Morgan fingerprint density at radius 3 is 2.78 bits per heavy atom. The molecule has 0 spiro atoms. The van der Waals surface area contributed by atoms with E-state index in [0.29, 0.717) is 0 Å². The minimum atomic E-state index is -0.163. The Hall–Kier alpha value is -1.51. The van der Waals surface area contributed by atoms with E-state index in [4.69, 9.17) is 4.74 Å². The van der Waals surface area contributed by atoms with Crippen molar-refractivity contribution in [2.45, 2.75) is 39.2 Å². The summed E-state index contributed by atoms with van der Waals surface area (Å²) in [6.45, 7) is 7.04. The highest BCUT2D eigenvalue weighted by molar-refractivity contribution is 5.96. The zero-order valence-electron chi connectivity index (χ0n) is 11.6. The van der Waals surface area contributed by atoms with Gasteiger partial charge in [0.25, 0.3) is 5.91 Å². The SMILES string of the molecule is CCC(C)(C)Oc1ccc2c(c1)CCN(C)C2=O. The van der Waals surface area contributed by atoms with Crippen molar-refractivity contribution in [2.24, 2.45) is 0 Å². The molecule has 98 valence electrons. The monoisotopic (exact) mass is 247 g/mol. The van der Waals surface area contributed by atoms with E-state index in [-0.39, 0.29) is 11.5 Å². The van der Waals surface area contributed by atoms with Crippen LogP contribution in [-0.2, 0) is 6.42 Å². The van der Waals surface area contributed by atoms with E-state index in [9.17, 15) is 4.79 Å². The van der Waals surface area contributed by atoms with Gasteiger partial charge in [-0.2, -0.15) is 0 Å². The maximum absolute atomic E-state index is 12.0. The molecule has 0 fully saturated rings. The number of carbonyl (C=O) groups excluding carboxylic acids is 1. The fraction of sp³-hybridized carbons (Fsp3) is 0.533. The molecule has 1 aromatic rings. The molecule has 3 heteroatoms. The summed E-state index contributed by atoms with van der Waals surface area (Å²) in [5.74, 6) is 0.968. The fourth-order valence-electron chi connectivity index (χ4n) is 2.04. The van der Waals surface area contributed by atoms with Gasteiger partial charge in [0.1, 0.15) is 11.4 Å². The second-order valence-electron chi connectivity index (χ2n) is 5.51. The van der Waals surface area contributed by atoms with Gasteiger partial charge in [0, 0.05) is 19.2 Å². The maximum Gasteiger partial charge on any atom is 0.253 e. The third kappa shape index (κ3) is 2.50. The summed E-state index contributed by atoms with van der Waals surface area (Å²) < 4.78 is 5.95. The zero-order chi connectivity index (χ0) is 13.3. The van der Waals surface area contributed by atoms with Crippen LogP contribution in [0.3, 0.4) is 0 Å². The van der Waals surface area contributed by atoms with Crippen molar-refractivity contribution >= 4 is 5.91 Å². The first-order valence-corrected chi connectivity index (χ1v) is 6.50. The molecule has 0 atom stereocenters. The van der Waals surface area contributed by atoms with Crippen LogP contribution < -0.4 is 4.74 Å². The number of amides is 1. The average molecular weight is 247 g/mol. The summed E-state index contributed by atoms with van der Waals surface area (Å²) in [5.41, 5.74) is 1.75. The third-order valence-electron chi connectivity index (χ3n) is 3.62. The highest BCUT2D eigenvalue weighted by atomic mass is 16.5. The summed E-state index contributed by atoms with van der Waals surface area (Å²) in [6.07, 6.45) is 1.85. The van der Waals surface area contributed by atoms with Gasteiger partial charge in [-0.05, 0) is 50.5 Å². The standard InChI is InChI=1S/C15H21NO2/c1-5-15(2,3)18-12-6-7-13-11(10-12)8-9-16(4)14(13)17/h6-7,10H,5,8-9H2,1-4H3. The molecule has 0 radical (unpaired) electrons. The molecule has 0 saturated carbocycles. The number of carbonyl (C=O) groups is 1. The van der Waals surface area contributed by atoms with Crippen molar-refractivity contribution in [2.75, 3.05) is 13.6 Å². The molecule has 0 bridgehead atoms. The number of ether oxygens (including phenoxy) is 1. The van der Waals surface area contributed by atoms with Crippen molar-refractivity contribution in [1.82, 2.24) is 4.90 Å². The predicted molar refractivity (Wildman–Crippen MR) is 72.1 cm³/mol. The van der Waals surface area contributed by atoms with Crippen LogP contribution in [0.2, 0.25) is 0 Å². The quantitative estimate of drug-likeness (QED) is 0.822. The number of fused-ring (bicyclic) bond motifs is 1. The number of nitrogens with zero attached hydrogens (tertiary/aromatic N) is 1. The summed E-state index contributed by atoms with van der Waals surface area (Å²) in [5, 5.41) is 0. The number of hydrogen-bond donors (Lipinski definition) is 0. The Bertz CT molecular complexity index is 466. The molecular weight excluding hydrogens is 226 g/mol. The van der Waals surface area contributed by atoms with Gasteiger partial charge in [-0.25, -0.2) is 0 Å². The highest BCUT2D eigenvalue weighted by Crippen LogP contribution is 2.26. The molecule has 0 aliphatic carbocycles. The van der Waals surface area contributed by atoms with Gasteiger partial charge in [0.2, 0.25) is 0 Å². The lowest BCUT2D eigenvalue weighted by molar-refractivity contribution is 0.0780. The number of benzene rings is 1. The number of likely N-dealkylation sites (N-methyl/N-ethyl adjacent to an activating group) is 1. The average Bonchev–Trinajstić information content (AvgIpc) is 2.34. The van der Waals surface area contributed by atoms with Crippen molar-refractivity contribution in [1.29, 1.82) is 0 Å². The molecule has 0 aromatic heterocycles. The second-order valence-corrected chi connectivity index (χ2v) is 5.51. The minimum absolute atomic E-state index is 0.109. The van der Waals surface area contributed by atoms with Gasteiger partial charge in [-0.1, -0.05) is 6.92 Å². The molecule has 0 saturated heterocycles. The van der Waals surface area contributed by atoms with Crippen LogP contribution in [0.1, 0.15) is 43.1 Å². The first-order chi connectivity index (χ1) is 8.43. The van der Waals surface area contributed by atoms with E-state index in [1.807, 2.05) is 25.2 Å². The summed E-state index contributed by atoms with van der Waals surface area (Å²) in [7, 11) is 1.84. The molecule has 0 unspecified atom stereocenters. The van der Waals surface area contributed by atoms with Gasteiger partial charge in [0.05, 0.1) is 0 Å². The molecule has 2 rings (SSSR count). The van der Waals surface area contributed by atoms with E-state index >= 15 is 0 Å².